The van der Waals surface area contributed by atoms with E-state index >= 15 is 0 Å². The summed E-state index contributed by atoms with van der Waals surface area (Å²) < 4.78 is 0. The Bertz CT molecular complexity index is 266. The van der Waals surface area contributed by atoms with Gasteiger partial charge in [0.15, 0.2) is 0 Å². The van der Waals surface area contributed by atoms with Crippen molar-refractivity contribution < 1.29 is 0 Å². The second-order valence-electron chi connectivity index (χ2n) is 3.17. The number of aryl methyl sites for hydroxylation is 3. The number of fused-ring (bicyclic) bond motifs is 1. The van der Waals surface area contributed by atoms with Crippen molar-refractivity contribution >= 4 is 0 Å². The standard InChI is InChI=1S/C10H12N/c1-8-6-7-9-4-2-3-5-10(9)11-8/h6H,2-5H2,1H3. The first-order chi connectivity index (χ1) is 5.36. The molecule has 0 bridgehead atoms. The summed E-state index contributed by atoms with van der Waals surface area (Å²) in [5.74, 6) is 0. The molecule has 1 heteroatoms. The van der Waals surface area contributed by atoms with Gasteiger partial charge in [-0.25, -0.2) is 0 Å². The number of nitrogens with zero attached hydrogens (tertiary/aromatic N) is 1. The van der Waals surface area contributed by atoms with Gasteiger partial charge in [-0.15, -0.1) is 0 Å². The molecule has 0 aromatic carbocycles. The van der Waals surface area contributed by atoms with E-state index in [1.807, 2.05) is 13.0 Å². The van der Waals surface area contributed by atoms with Crippen molar-refractivity contribution in [3.8, 4) is 0 Å². The molecule has 0 saturated carbocycles. The van der Waals surface area contributed by atoms with Gasteiger partial charge in [0.1, 0.15) is 0 Å². The maximum absolute atomic E-state index is 4.48. The minimum Gasteiger partial charge on any atom is -0.258 e. The van der Waals surface area contributed by atoms with E-state index in [4.69, 9.17) is 0 Å². The minimum atomic E-state index is 1.10. The molecule has 1 heterocycles. The summed E-state index contributed by atoms with van der Waals surface area (Å²) in [5.41, 5.74) is 3.74. The van der Waals surface area contributed by atoms with Gasteiger partial charge in [0.05, 0.1) is 0 Å². The summed E-state index contributed by atoms with van der Waals surface area (Å²) in [6, 6.07) is 5.28. The Morgan fingerprint density at radius 1 is 1.36 bits per heavy atom. The predicted molar refractivity (Wildman–Crippen MR) is 44.5 cm³/mol. The zero-order chi connectivity index (χ0) is 7.68. The van der Waals surface area contributed by atoms with Crippen LogP contribution in [0.15, 0.2) is 6.07 Å². The lowest BCUT2D eigenvalue weighted by Crippen LogP contribution is -2.05. The molecule has 0 aliphatic heterocycles. The average molecular weight is 146 g/mol. The zero-order valence-electron chi connectivity index (χ0n) is 6.85. The molecule has 0 amide bonds. The summed E-state index contributed by atoms with van der Waals surface area (Å²) in [4.78, 5) is 4.48. The quantitative estimate of drug-likeness (QED) is 0.546. The van der Waals surface area contributed by atoms with Crippen LogP contribution in [0.25, 0.3) is 0 Å². The normalized spacial score (nSPS) is 16.1. The Balaban J connectivity index is 2.43. The van der Waals surface area contributed by atoms with E-state index in [0.29, 0.717) is 0 Å². The van der Waals surface area contributed by atoms with Crippen molar-refractivity contribution in [2.75, 3.05) is 0 Å². The van der Waals surface area contributed by atoms with Crippen molar-refractivity contribution in [1.82, 2.24) is 4.98 Å². The lowest BCUT2D eigenvalue weighted by molar-refractivity contribution is 0.664. The zero-order valence-corrected chi connectivity index (χ0v) is 6.85. The van der Waals surface area contributed by atoms with E-state index < -0.39 is 0 Å². The SMILES string of the molecule is Cc1c[c]c2c(n1)CCCC2. The fourth-order valence-electron chi connectivity index (χ4n) is 1.60. The third-order valence-corrected chi connectivity index (χ3v) is 2.21. The van der Waals surface area contributed by atoms with Crippen LogP contribution in [0.2, 0.25) is 0 Å². The maximum Gasteiger partial charge on any atom is 0.0444 e. The van der Waals surface area contributed by atoms with Crippen molar-refractivity contribution in [3.63, 3.8) is 0 Å². The molecule has 57 valence electrons. The minimum absolute atomic E-state index is 1.10. The first kappa shape index (κ1) is 6.84. The fourth-order valence-corrected chi connectivity index (χ4v) is 1.60. The van der Waals surface area contributed by atoms with Crippen molar-refractivity contribution in [1.29, 1.82) is 0 Å². The van der Waals surface area contributed by atoms with E-state index in [-0.39, 0.29) is 0 Å². The van der Waals surface area contributed by atoms with E-state index in [9.17, 15) is 0 Å². The highest BCUT2D eigenvalue weighted by Gasteiger charge is 2.09. The van der Waals surface area contributed by atoms with Gasteiger partial charge in [-0.05, 0) is 50.3 Å². The topological polar surface area (TPSA) is 12.9 Å². The van der Waals surface area contributed by atoms with Gasteiger partial charge >= 0.3 is 0 Å². The van der Waals surface area contributed by atoms with Crippen LogP contribution in [0.5, 0.6) is 0 Å². The first-order valence-electron chi connectivity index (χ1n) is 4.23. The molecule has 0 atom stereocenters. The summed E-state index contributed by atoms with van der Waals surface area (Å²) in [6.07, 6.45) is 4.96. The van der Waals surface area contributed by atoms with Gasteiger partial charge in [-0.1, -0.05) is 0 Å². The molecule has 0 N–H and O–H groups in total. The molecule has 0 unspecified atom stereocenters. The fraction of sp³-hybridized carbons (Fsp3) is 0.500. The first-order valence-corrected chi connectivity index (χ1v) is 4.23. The Kier molecular flexibility index (Phi) is 1.65. The molecule has 1 radical (unpaired) electrons. The molecule has 1 nitrogen and oxygen atoms in total. The van der Waals surface area contributed by atoms with Crippen molar-refractivity contribution in [3.05, 3.63) is 29.1 Å². The lowest BCUT2D eigenvalue weighted by atomic mass is 9.96. The predicted octanol–water partition coefficient (Wildman–Crippen LogP) is 2.07. The number of hydrogen-bond donors (Lipinski definition) is 0. The number of aromatic nitrogens is 1. The van der Waals surface area contributed by atoms with Crippen molar-refractivity contribution in [2.24, 2.45) is 0 Å². The molecule has 1 aromatic rings. The van der Waals surface area contributed by atoms with Gasteiger partial charge in [0.25, 0.3) is 0 Å². The van der Waals surface area contributed by atoms with Gasteiger partial charge in [-0.3, -0.25) is 4.98 Å². The van der Waals surface area contributed by atoms with E-state index in [0.717, 1.165) is 12.1 Å². The third kappa shape index (κ3) is 1.28. The summed E-state index contributed by atoms with van der Waals surface area (Å²) in [6.45, 7) is 2.03. The molecule has 11 heavy (non-hydrogen) atoms. The number of rotatable bonds is 0. The second-order valence-corrected chi connectivity index (χ2v) is 3.17. The van der Waals surface area contributed by atoms with E-state index in [1.165, 1.54) is 30.5 Å². The molecular weight excluding hydrogens is 134 g/mol. The average Bonchev–Trinajstić information content (AvgIpc) is 2.04. The smallest absolute Gasteiger partial charge is 0.0444 e. The molecule has 0 fully saturated rings. The van der Waals surface area contributed by atoms with Crippen LogP contribution >= 0.6 is 0 Å². The van der Waals surface area contributed by atoms with Gasteiger partial charge in [0.2, 0.25) is 0 Å². The third-order valence-electron chi connectivity index (χ3n) is 2.21. The Hall–Kier alpha value is -0.850. The maximum atomic E-state index is 4.48. The van der Waals surface area contributed by atoms with Gasteiger partial charge in [-0.2, -0.15) is 0 Å². The monoisotopic (exact) mass is 146 g/mol. The lowest BCUT2D eigenvalue weighted by Gasteiger charge is -2.13. The van der Waals surface area contributed by atoms with Crippen LogP contribution in [0, 0.1) is 13.0 Å². The molecule has 0 spiro atoms. The van der Waals surface area contributed by atoms with Gasteiger partial charge < -0.3 is 0 Å². The van der Waals surface area contributed by atoms with Crippen LogP contribution in [-0.2, 0) is 12.8 Å². The Morgan fingerprint density at radius 2 is 2.18 bits per heavy atom. The molecule has 2 rings (SSSR count). The number of pyridine rings is 1. The van der Waals surface area contributed by atoms with E-state index in [1.54, 1.807) is 0 Å². The van der Waals surface area contributed by atoms with Crippen LogP contribution in [-0.4, -0.2) is 4.98 Å². The molecule has 1 aromatic heterocycles. The number of hydrogen-bond acceptors (Lipinski definition) is 1. The second kappa shape index (κ2) is 2.65. The van der Waals surface area contributed by atoms with Crippen LogP contribution < -0.4 is 0 Å². The molecular formula is C10H12N. The van der Waals surface area contributed by atoms with E-state index in [2.05, 4.69) is 11.1 Å². The molecule has 1 aliphatic carbocycles. The summed E-state index contributed by atoms with van der Waals surface area (Å²) in [7, 11) is 0. The Labute approximate surface area is 67.5 Å². The molecule has 0 saturated heterocycles. The largest absolute Gasteiger partial charge is 0.258 e. The summed E-state index contributed by atoms with van der Waals surface area (Å²) in [5, 5.41) is 0. The summed E-state index contributed by atoms with van der Waals surface area (Å²) >= 11 is 0. The van der Waals surface area contributed by atoms with Crippen LogP contribution in [0.3, 0.4) is 0 Å². The molecule has 1 aliphatic rings. The highest BCUT2D eigenvalue weighted by atomic mass is 14.7. The highest BCUT2D eigenvalue weighted by Crippen LogP contribution is 2.18. The van der Waals surface area contributed by atoms with Gasteiger partial charge in [0, 0.05) is 11.4 Å². The van der Waals surface area contributed by atoms with Crippen LogP contribution in [0.4, 0.5) is 0 Å². The Morgan fingerprint density at radius 3 is 3.09 bits per heavy atom. The highest BCUT2D eigenvalue weighted by molar-refractivity contribution is 5.23. The van der Waals surface area contributed by atoms with Crippen LogP contribution in [0.1, 0.15) is 29.8 Å². The van der Waals surface area contributed by atoms with Crippen molar-refractivity contribution in [2.45, 2.75) is 32.6 Å².